The number of anilines is 1. The van der Waals surface area contributed by atoms with Gasteiger partial charge in [-0.1, -0.05) is 12.1 Å². The molecule has 1 aliphatic heterocycles. The van der Waals surface area contributed by atoms with E-state index in [-0.39, 0.29) is 17.0 Å². The van der Waals surface area contributed by atoms with Gasteiger partial charge in [0, 0.05) is 30.1 Å². The molecule has 2 heterocycles. The Bertz CT molecular complexity index is 898. The fraction of sp³-hybridized carbons (Fsp3) is 0.450. The van der Waals surface area contributed by atoms with E-state index < -0.39 is 11.6 Å². The van der Waals surface area contributed by atoms with Crippen LogP contribution in [0.25, 0.3) is 0 Å². The summed E-state index contributed by atoms with van der Waals surface area (Å²) in [6.45, 7) is 3.32. The first-order valence-corrected chi connectivity index (χ1v) is 9.80. The number of hydrogen-bond acceptors (Lipinski definition) is 4. The van der Waals surface area contributed by atoms with E-state index in [2.05, 4.69) is 20.2 Å². The second-order valence-corrected chi connectivity index (χ2v) is 8.14. The molecule has 1 aromatic heterocycles. The Labute approximate surface area is 167 Å². The Morgan fingerprint density at radius 2 is 1.96 bits per heavy atom. The van der Waals surface area contributed by atoms with Crippen molar-refractivity contribution < 1.29 is 14.3 Å². The Morgan fingerprint density at radius 1 is 1.29 bits per heavy atom. The van der Waals surface area contributed by atoms with Crippen LogP contribution >= 0.6 is 11.6 Å². The Kier molecular flexibility index (Phi) is 4.87. The van der Waals surface area contributed by atoms with Crippen molar-refractivity contribution in [1.82, 2.24) is 15.3 Å². The Balaban J connectivity index is 1.60. The highest BCUT2D eigenvalue weighted by molar-refractivity contribution is 6.28. The maximum atomic E-state index is 13.3. The molecule has 1 atom stereocenters. The number of benzene rings is 1. The maximum absolute atomic E-state index is 13.3. The largest absolute Gasteiger partial charge is 0.465 e. The van der Waals surface area contributed by atoms with Gasteiger partial charge in [0.05, 0.1) is 5.69 Å². The standard InChI is InChI=1S/C20H22ClFN4O2/c1-20(25-19(27)28)8-10-26(11-9-20)17-15-7-6-14(16(15)23-18(21)24-17)12-2-4-13(22)5-3-12/h2-5,14,25H,6-11H2,1H3,(H,27,28). The number of fused-ring (bicyclic) bond motifs is 1. The summed E-state index contributed by atoms with van der Waals surface area (Å²) in [6, 6.07) is 6.54. The van der Waals surface area contributed by atoms with Crippen LogP contribution in [0.15, 0.2) is 24.3 Å². The van der Waals surface area contributed by atoms with Gasteiger partial charge in [0.15, 0.2) is 0 Å². The van der Waals surface area contributed by atoms with Gasteiger partial charge in [-0.15, -0.1) is 0 Å². The van der Waals surface area contributed by atoms with Crippen LogP contribution in [0.3, 0.4) is 0 Å². The molecule has 8 heteroatoms. The molecule has 1 aliphatic carbocycles. The number of halogens is 2. The molecule has 1 fully saturated rings. The third kappa shape index (κ3) is 3.63. The zero-order valence-electron chi connectivity index (χ0n) is 15.6. The molecule has 0 bridgehead atoms. The average molecular weight is 405 g/mol. The zero-order chi connectivity index (χ0) is 19.9. The van der Waals surface area contributed by atoms with Gasteiger partial charge in [0.1, 0.15) is 11.6 Å². The van der Waals surface area contributed by atoms with E-state index >= 15 is 0 Å². The van der Waals surface area contributed by atoms with Crippen LogP contribution < -0.4 is 10.2 Å². The lowest BCUT2D eigenvalue weighted by molar-refractivity contribution is 0.173. The van der Waals surface area contributed by atoms with Gasteiger partial charge in [0.2, 0.25) is 5.28 Å². The molecule has 2 aliphatic rings. The quantitative estimate of drug-likeness (QED) is 0.757. The second kappa shape index (κ2) is 7.20. The predicted molar refractivity (Wildman–Crippen MR) is 105 cm³/mol. The van der Waals surface area contributed by atoms with Crippen LogP contribution in [0.1, 0.15) is 48.9 Å². The SMILES string of the molecule is CC1(NC(=O)O)CCN(c2nc(Cl)nc3c2CCC3c2ccc(F)cc2)CC1. The molecule has 0 radical (unpaired) electrons. The average Bonchev–Trinajstić information content (AvgIpc) is 3.05. The number of amides is 1. The smallest absolute Gasteiger partial charge is 0.405 e. The summed E-state index contributed by atoms with van der Waals surface area (Å²) in [7, 11) is 0. The second-order valence-electron chi connectivity index (χ2n) is 7.80. The molecule has 0 saturated carbocycles. The van der Waals surface area contributed by atoms with Gasteiger partial charge in [-0.3, -0.25) is 0 Å². The first-order chi connectivity index (χ1) is 13.3. The van der Waals surface area contributed by atoms with E-state index in [0.29, 0.717) is 25.9 Å². The van der Waals surface area contributed by atoms with Crippen molar-refractivity contribution in [1.29, 1.82) is 0 Å². The molecule has 1 unspecified atom stereocenters. The highest BCUT2D eigenvalue weighted by Crippen LogP contribution is 2.41. The van der Waals surface area contributed by atoms with E-state index in [1.165, 1.54) is 12.1 Å². The molecule has 6 nitrogen and oxygen atoms in total. The van der Waals surface area contributed by atoms with Crippen LogP contribution in [0, 0.1) is 5.82 Å². The van der Waals surface area contributed by atoms with Crippen molar-refractivity contribution in [3.8, 4) is 0 Å². The van der Waals surface area contributed by atoms with Gasteiger partial charge in [-0.2, -0.15) is 0 Å². The van der Waals surface area contributed by atoms with Crippen molar-refractivity contribution in [2.45, 2.75) is 44.1 Å². The molecule has 148 valence electrons. The summed E-state index contributed by atoms with van der Waals surface area (Å²) >= 11 is 6.25. The Morgan fingerprint density at radius 3 is 2.61 bits per heavy atom. The number of rotatable bonds is 3. The highest BCUT2D eigenvalue weighted by atomic mass is 35.5. The molecule has 4 rings (SSSR count). The van der Waals surface area contributed by atoms with E-state index in [1.54, 1.807) is 12.1 Å². The normalized spacial score (nSPS) is 20.7. The summed E-state index contributed by atoms with van der Waals surface area (Å²) in [4.78, 5) is 22.2. The topological polar surface area (TPSA) is 78.4 Å². The number of piperidine rings is 1. The predicted octanol–water partition coefficient (Wildman–Crippen LogP) is 3.97. The van der Waals surface area contributed by atoms with Crippen LogP contribution in [0.2, 0.25) is 5.28 Å². The van der Waals surface area contributed by atoms with E-state index in [0.717, 1.165) is 35.5 Å². The van der Waals surface area contributed by atoms with Gasteiger partial charge < -0.3 is 15.3 Å². The van der Waals surface area contributed by atoms with Gasteiger partial charge in [-0.25, -0.2) is 19.2 Å². The van der Waals surface area contributed by atoms with Crippen LogP contribution in [-0.2, 0) is 6.42 Å². The lowest BCUT2D eigenvalue weighted by atomic mass is 9.89. The summed E-state index contributed by atoms with van der Waals surface area (Å²) in [5, 5.41) is 11.9. The van der Waals surface area contributed by atoms with Crippen LogP contribution in [0.5, 0.6) is 0 Å². The first-order valence-electron chi connectivity index (χ1n) is 9.42. The lowest BCUT2D eigenvalue weighted by Gasteiger charge is -2.40. The molecule has 1 amide bonds. The monoisotopic (exact) mass is 404 g/mol. The molecule has 28 heavy (non-hydrogen) atoms. The molecule has 2 aromatic rings. The van der Waals surface area contributed by atoms with Crippen LogP contribution in [0.4, 0.5) is 15.0 Å². The minimum absolute atomic E-state index is 0.0820. The van der Waals surface area contributed by atoms with Crippen molar-refractivity contribution in [3.63, 3.8) is 0 Å². The number of nitrogens with zero attached hydrogens (tertiary/aromatic N) is 3. The summed E-state index contributed by atoms with van der Waals surface area (Å²) in [5.41, 5.74) is 2.60. The molecular formula is C20H22ClFN4O2. The van der Waals surface area contributed by atoms with Gasteiger partial charge >= 0.3 is 6.09 Å². The summed E-state index contributed by atoms with van der Waals surface area (Å²) < 4.78 is 13.3. The maximum Gasteiger partial charge on any atom is 0.405 e. The van der Waals surface area contributed by atoms with Crippen molar-refractivity contribution >= 4 is 23.5 Å². The third-order valence-corrected chi connectivity index (χ3v) is 6.02. The van der Waals surface area contributed by atoms with Crippen LogP contribution in [-0.4, -0.2) is 39.8 Å². The third-order valence-electron chi connectivity index (χ3n) is 5.85. The fourth-order valence-corrected chi connectivity index (χ4v) is 4.46. The van der Waals surface area contributed by atoms with E-state index in [1.807, 2.05) is 6.92 Å². The summed E-state index contributed by atoms with van der Waals surface area (Å²) in [6.07, 6.45) is 2.11. The number of carboxylic acid groups (broad SMARTS) is 1. The minimum atomic E-state index is -0.996. The Hall–Kier alpha value is -2.41. The number of hydrogen-bond donors (Lipinski definition) is 2. The van der Waals surface area contributed by atoms with E-state index in [9.17, 15) is 9.18 Å². The fourth-order valence-electron chi connectivity index (χ4n) is 4.29. The minimum Gasteiger partial charge on any atom is -0.465 e. The molecule has 2 N–H and O–H groups in total. The number of nitrogens with one attached hydrogen (secondary N) is 1. The molecule has 1 saturated heterocycles. The van der Waals surface area contributed by atoms with Crippen molar-refractivity contribution in [3.05, 3.63) is 52.2 Å². The van der Waals surface area contributed by atoms with Gasteiger partial charge in [-0.05, 0) is 61.9 Å². The van der Waals surface area contributed by atoms with Gasteiger partial charge in [0.25, 0.3) is 0 Å². The molecule has 1 aromatic carbocycles. The highest BCUT2D eigenvalue weighted by Gasteiger charge is 2.35. The lowest BCUT2D eigenvalue weighted by Crippen LogP contribution is -2.53. The molecular weight excluding hydrogens is 383 g/mol. The van der Waals surface area contributed by atoms with Crippen molar-refractivity contribution in [2.75, 3.05) is 18.0 Å². The molecule has 0 spiro atoms. The van der Waals surface area contributed by atoms with E-state index in [4.69, 9.17) is 16.7 Å². The summed E-state index contributed by atoms with van der Waals surface area (Å²) in [5.74, 6) is 0.672. The number of carbonyl (C=O) groups is 1. The first kappa shape index (κ1) is 18.9. The van der Waals surface area contributed by atoms with Crippen molar-refractivity contribution in [2.24, 2.45) is 0 Å². The zero-order valence-corrected chi connectivity index (χ0v) is 16.3. The number of aromatic nitrogens is 2.